The number of hydrogen-bond acceptors (Lipinski definition) is 5. The smallest absolute Gasteiger partial charge is 0.274 e. The number of carbonyl (C=O) groups is 1. The summed E-state index contributed by atoms with van der Waals surface area (Å²) in [6.07, 6.45) is 0. The van der Waals surface area contributed by atoms with E-state index >= 15 is 0 Å². The van der Waals surface area contributed by atoms with Crippen LogP contribution in [0.2, 0.25) is 0 Å². The maximum absolute atomic E-state index is 14.0. The molecule has 144 valence electrons. The first-order valence-electron chi connectivity index (χ1n) is 8.44. The van der Waals surface area contributed by atoms with Gasteiger partial charge in [0.1, 0.15) is 23.0 Å². The van der Waals surface area contributed by atoms with Gasteiger partial charge in [-0.15, -0.1) is 0 Å². The number of anilines is 1. The van der Waals surface area contributed by atoms with E-state index in [1.165, 1.54) is 29.9 Å². The van der Waals surface area contributed by atoms with Gasteiger partial charge in [-0.05, 0) is 24.3 Å². The maximum Gasteiger partial charge on any atom is 0.274 e. The minimum Gasteiger partial charge on any atom is -0.497 e. The number of rotatable bonds is 4. The molecule has 2 heterocycles. The lowest BCUT2D eigenvalue weighted by Crippen LogP contribution is -2.18. The van der Waals surface area contributed by atoms with Crippen molar-refractivity contribution < 1.29 is 22.3 Å². The molecule has 1 aliphatic heterocycles. The van der Waals surface area contributed by atoms with Crippen molar-refractivity contribution in [2.24, 2.45) is 0 Å². The van der Waals surface area contributed by atoms with Crippen molar-refractivity contribution >= 4 is 21.4 Å². The highest BCUT2D eigenvalue weighted by Gasteiger charge is 2.35. The fourth-order valence-corrected chi connectivity index (χ4v) is 4.48. The van der Waals surface area contributed by atoms with E-state index < -0.39 is 21.6 Å². The van der Waals surface area contributed by atoms with Gasteiger partial charge in [0.2, 0.25) is 15.0 Å². The number of amides is 1. The van der Waals surface area contributed by atoms with Crippen molar-refractivity contribution in [1.82, 2.24) is 9.55 Å². The predicted molar refractivity (Wildman–Crippen MR) is 101 cm³/mol. The summed E-state index contributed by atoms with van der Waals surface area (Å²) in [7, 11) is -2.08. The predicted octanol–water partition coefficient (Wildman–Crippen LogP) is 2.74. The summed E-state index contributed by atoms with van der Waals surface area (Å²) < 4.78 is 45.1. The molecule has 0 aliphatic carbocycles. The van der Waals surface area contributed by atoms with E-state index in [0.717, 1.165) is 0 Å². The van der Waals surface area contributed by atoms with E-state index in [4.69, 9.17) is 4.74 Å². The number of imidazole rings is 1. The van der Waals surface area contributed by atoms with E-state index in [2.05, 4.69) is 10.3 Å². The van der Waals surface area contributed by atoms with Crippen LogP contribution in [0.4, 0.5) is 10.1 Å². The molecule has 3 aromatic rings. The summed E-state index contributed by atoms with van der Waals surface area (Å²) in [6.45, 7) is 0.106. The topological polar surface area (TPSA) is 90.3 Å². The Labute approximate surface area is 160 Å². The summed E-state index contributed by atoms with van der Waals surface area (Å²) in [4.78, 5) is 17.2. The molecule has 28 heavy (non-hydrogen) atoms. The molecule has 0 fully saturated rings. The normalized spacial score (nSPS) is 14.5. The minimum atomic E-state index is -3.58. The third-order valence-corrected chi connectivity index (χ3v) is 6.06. The zero-order chi connectivity index (χ0) is 19.9. The molecule has 7 nitrogen and oxygen atoms in total. The summed E-state index contributed by atoms with van der Waals surface area (Å²) in [5.41, 5.74) is 0.786. The second-order valence-corrected chi connectivity index (χ2v) is 8.23. The fraction of sp³-hybridized carbons (Fsp3) is 0.158. The molecule has 1 amide bonds. The molecule has 1 aromatic heterocycles. The number of ether oxygens (including phenoxy) is 1. The van der Waals surface area contributed by atoms with E-state index in [0.29, 0.717) is 11.3 Å². The first kappa shape index (κ1) is 18.2. The number of halogens is 1. The lowest BCUT2D eigenvalue weighted by atomic mass is 10.1. The van der Waals surface area contributed by atoms with Crippen LogP contribution in [0.15, 0.2) is 53.7 Å². The molecule has 0 spiro atoms. The van der Waals surface area contributed by atoms with Crippen molar-refractivity contribution in [2.75, 3.05) is 18.2 Å². The average molecular weight is 401 g/mol. The van der Waals surface area contributed by atoms with Gasteiger partial charge in [0.25, 0.3) is 5.91 Å². The van der Waals surface area contributed by atoms with Gasteiger partial charge < -0.3 is 14.6 Å². The van der Waals surface area contributed by atoms with E-state index in [1.807, 2.05) is 0 Å². The van der Waals surface area contributed by atoms with Crippen LogP contribution in [0.1, 0.15) is 10.5 Å². The van der Waals surface area contributed by atoms with Crippen molar-refractivity contribution in [1.29, 1.82) is 0 Å². The molecule has 9 heteroatoms. The Kier molecular flexibility index (Phi) is 4.38. The van der Waals surface area contributed by atoms with Crippen LogP contribution < -0.4 is 10.1 Å². The molecule has 2 aromatic carbocycles. The largest absolute Gasteiger partial charge is 0.497 e. The van der Waals surface area contributed by atoms with Crippen molar-refractivity contribution in [3.8, 4) is 17.0 Å². The SMILES string of the molecule is COc1cccc(-c2nc3n(c2C(=O)Nc2ccccc2F)CCS3(=O)=O)c1. The van der Waals surface area contributed by atoms with E-state index in [1.54, 1.807) is 30.3 Å². The van der Waals surface area contributed by atoms with Crippen LogP contribution in [0.5, 0.6) is 5.75 Å². The molecular formula is C19H16FN3O4S. The third kappa shape index (κ3) is 3.03. The molecule has 0 saturated carbocycles. The number of sulfone groups is 1. The van der Waals surface area contributed by atoms with Gasteiger partial charge in [-0.2, -0.15) is 0 Å². The number of nitrogens with one attached hydrogen (secondary N) is 1. The second-order valence-electron chi connectivity index (χ2n) is 6.23. The quantitative estimate of drug-likeness (QED) is 0.726. The third-order valence-electron chi connectivity index (χ3n) is 4.47. The highest BCUT2D eigenvalue weighted by atomic mass is 32.2. The Hall–Kier alpha value is -3.20. The summed E-state index contributed by atoms with van der Waals surface area (Å²) in [6, 6.07) is 12.6. The molecule has 4 rings (SSSR count). The van der Waals surface area contributed by atoms with Crippen LogP contribution in [0.25, 0.3) is 11.3 Å². The number of para-hydroxylation sites is 1. The highest BCUT2D eigenvalue weighted by Crippen LogP contribution is 2.32. The molecule has 0 saturated heterocycles. The fourth-order valence-electron chi connectivity index (χ4n) is 3.13. The molecule has 0 atom stereocenters. The van der Waals surface area contributed by atoms with Crippen LogP contribution in [-0.4, -0.2) is 36.7 Å². The monoisotopic (exact) mass is 401 g/mol. The van der Waals surface area contributed by atoms with Gasteiger partial charge in [0, 0.05) is 12.1 Å². The lowest BCUT2D eigenvalue weighted by Gasteiger charge is -2.10. The number of aromatic nitrogens is 2. The molecule has 1 aliphatic rings. The van der Waals surface area contributed by atoms with Gasteiger partial charge in [0.15, 0.2) is 0 Å². The van der Waals surface area contributed by atoms with Gasteiger partial charge in [-0.1, -0.05) is 24.3 Å². The highest BCUT2D eigenvalue weighted by molar-refractivity contribution is 7.91. The van der Waals surface area contributed by atoms with Gasteiger partial charge in [-0.3, -0.25) is 4.79 Å². The number of carbonyl (C=O) groups excluding carboxylic acids is 1. The Morgan fingerprint density at radius 2 is 2.00 bits per heavy atom. The van der Waals surface area contributed by atoms with Gasteiger partial charge >= 0.3 is 0 Å². The Bertz CT molecular complexity index is 1190. The number of hydrogen-bond donors (Lipinski definition) is 1. The minimum absolute atomic E-state index is 0.000460. The van der Waals surface area contributed by atoms with Gasteiger partial charge in [0.05, 0.1) is 18.6 Å². The number of nitrogens with zero attached hydrogens (tertiary/aromatic N) is 2. The summed E-state index contributed by atoms with van der Waals surface area (Å²) in [5.74, 6) is -0.825. The van der Waals surface area contributed by atoms with Gasteiger partial charge in [-0.25, -0.2) is 17.8 Å². The zero-order valence-corrected chi connectivity index (χ0v) is 15.7. The van der Waals surface area contributed by atoms with Crippen LogP contribution in [0.3, 0.4) is 0 Å². The number of benzene rings is 2. The zero-order valence-electron chi connectivity index (χ0n) is 14.8. The first-order valence-corrected chi connectivity index (χ1v) is 10.1. The maximum atomic E-state index is 14.0. The van der Waals surface area contributed by atoms with Crippen molar-refractivity contribution in [2.45, 2.75) is 11.7 Å². The molecule has 0 bridgehead atoms. The summed E-state index contributed by atoms with van der Waals surface area (Å²) >= 11 is 0. The number of methoxy groups -OCH3 is 1. The second kappa shape index (κ2) is 6.75. The Morgan fingerprint density at radius 1 is 1.21 bits per heavy atom. The van der Waals surface area contributed by atoms with Crippen molar-refractivity contribution in [3.63, 3.8) is 0 Å². The van der Waals surface area contributed by atoms with Crippen LogP contribution in [-0.2, 0) is 16.4 Å². The first-order chi connectivity index (χ1) is 13.4. The summed E-state index contributed by atoms with van der Waals surface area (Å²) in [5, 5.41) is 2.34. The van der Waals surface area contributed by atoms with Crippen LogP contribution >= 0.6 is 0 Å². The van der Waals surface area contributed by atoms with E-state index in [9.17, 15) is 17.6 Å². The van der Waals surface area contributed by atoms with E-state index in [-0.39, 0.29) is 34.5 Å². The molecular weight excluding hydrogens is 385 g/mol. The molecule has 0 unspecified atom stereocenters. The number of fused-ring (bicyclic) bond motifs is 1. The Balaban J connectivity index is 1.85. The lowest BCUT2D eigenvalue weighted by molar-refractivity contribution is 0.101. The standard InChI is InChI=1S/C19H16FN3O4S/c1-27-13-6-4-5-12(11-13)16-17(23-9-10-28(25,26)19(23)22-16)18(24)21-15-8-3-2-7-14(15)20/h2-8,11H,9-10H2,1H3,(H,21,24). The molecule has 0 radical (unpaired) electrons. The Morgan fingerprint density at radius 3 is 2.75 bits per heavy atom. The average Bonchev–Trinajstić information content (AvgIpc) is 3.21. The molecule has 1 N–H and O–H groups in total. The van der Waals surface area contributed by atoms with Crippen LogP contribution in [0, 0.1) is 5.82 Å². The van der Waals surface area contributed by atoms with Crippen molar-refractivity contribution in [3.05, 3.63) is 60.0 Å².